The lowest BCUT2D eigenvalue weighted by molar-refractivity contribution is -0.149. The van der Waals surface area contributed by atoms with Gasteiger partial charge in [-0.05, 0) is 12.1 Å². The molecule has 1 amide bonds. The van der Waals surface area contributed by atoms with Gasteiger partial charge in [-0.3, -0.25) is 4.79 Å². The van der Waals surface area contributed by atoms with Crippen LogP contribution in [0.2, 0.25) is 0 Å². The van der Waals surface area contributed by atoms with Crippen molar-refractivity contribution in [2.24, 2.45) is 0 Å². The van der Waals surface area contributed by atoms with Gasteiger partial charge in [0.05, 0.1) is 19.2 Å². The Hall–Kier alpha value is -2.57. The zero-order valence-corrected chi connectivity index (χ0v) is 12.8. The minimum atomic E-state index is -2.40. The Labute approximate surface area is 133 Å². The highest BCUT2D eigenvalue weighted by molar-refractivity contribution is 5.98. The van der Waals surface area contributed by atoms with Crippen molar-refractivity contribution in [1.29, 1.82) is 0 Å². The van der Waals surface area contributed by atoms with Crippen LogP contribution in [0.5, 0.6) is 11.5 Å². The van der Waals surface area contributed by atoms with Crippen LogP contribution in [0.4, 0.5) is 4.39 Å². The molecule has 0 aliphatic carbocycles. The third-order valence-corrected chi connectivity index (χ3v) is 3.67. The van der Waals surface area contributed by atoms with Crippen LogP contribution >= 0.6 is 0 Å². The number of rotatable bonds is 6. The Kier molecular flexibility index (Phi) is 4.88. The predicted octanol–water partition coefficient (Wildman–Crippen LogP) is 1.90. The zero-order valence-electron chi connectivity index (χ0n) is 12.8. The molecule has 1 unspecified atom stereocenters. The average molecular weight is 323 g/mol. The van der Waals surface area contributed by atoms with Gasteiger partial charge in [0.1, 0.15) is 18.1 Å². The largest absolute Gasteiger partial charge is 0.497 e. The molecule has 1 aromatic carbocycles. The molecule has 0 aromatic heterocycles. The maximum Gasteiger partial charge on any atom is 0.343 e. The van der Waals surface area contributed by atoms with Gasteiger partial charge < -0.3 is 19.5 Å². The first-order valence-corrected chi connectivity index (χ1v) is 7.04. The molecule has 0 spiro atoms. The van der Waals surface area contributed by atoms with Crippen molar-refractivity contribution in [3.8, 4) is 11.5 Å². The third-order valence-electron chi connectivity index (χ3n) is 3.67. The highest BCUT2D eigenvalue weighted by Crippen LogP contribution is 2.31. The van der Waals surface area contributed by atoms with E-state index in [2.05, 4.69) is 6.58 Å². The Balaban J connectivity index is 2.25. The Morgan fingerprint density at radius 3 is 2.83 bits per heavy atom. The van der Waals surface area contributed by atoms with Crippen molar-refractivity contribution >= 4 is 11.9 Å². The summed E-state index contributed by atoms with van der Waals surface area (Å²) in [7, 11) is 1.49. The fourth-order valence-corrected chi connectivity index (χ4v) is 2.37. The standard InChI is InChI=1S/C16H18FNO5/c1-3-8-23-13-9-11(22-2)4-5-12(13)14(19)18-7-6-16(17,10-18)15(20)21/h3-5,9H,1,6-8,10H2,2H3,(H,20,21). The van der Waals surface area contributed by atoms with E-state index >= 15 is 0 Å². The molecule has 2 rings (SSSR count). The van der Waals surface area contributed by atoms with E-state index in [1.807, 2.05) is 0 Å². The number of ether oxygens (including phenoxy) is 2. The molecule has 23 heavy (non-hydrogen) atoms. The van der Waals surface area contributed by atoms with E-state index in [-0.39, 0.29) is 30.9 Å². The van der Waals surface area contributed by atoms with Crippen molar-refractivity contribution < 1.29 is 28.6 Å². The first-order valence-electron chi connectivity index (χ1n) is 7.04. The van der Waals surface area contributed by atoms with Gasteiger partial charge in [0, 0.05) is 19.0 Å². The maximum absolute atomic E-state index is 14.1. The Morgan fingerprint density at radius 2 is 2.26 bits per heavy atom. The Morgan fingerprint density at radius 1 is 1.52 bits per heavy atom. The van der Waals surface area contributed by atoms with Gasteiger partial charge >= 0.3 is 5.97 Å². The summed E-state index contributed by atoms with van der Waals surface area (Å²) in [6.45, 7) is 3.29. The topological polar surface area (TPSA) is 76.1 Å². The molecule has 0 radical (unpaired) electrons. The van der Waals surface area contributed by atoms with Crippen molar-refractivity contribution in [2.45, 2.75) is 12.1 Å². The van der Waals surface area contributed by atoms with Crippen molar-refractivity contribution in [3.63, 3.8) is 0 Å². The molecule has 124 valence electrons. The SMILES string of the molecule is C=CCOc1cc(OC)ccc1C(=O)N1CCC(F)(C(=O)O)C1. The van der Waals surface area contributed by atoms with Gasteiger partial charge in [-0.15, -0.1) is 0 Å². The number of methoxy groups -OCH3 is 1. The van der Waals surface area contributed by atoms with E-state index in [1.54, 1.807) is 12.1 Å². The summed E-state index contributed by atoms with van der Waals surface area (Å²) in [5, 5.41) is 8.92. The van der Waals surface area contributed by atoms with E-state index in [4.69, 9.17) is 14.6 Å². The van der Waals surface area contributed by atoms with Gasteiger partial charge in [-0.2, -0.15) is 0 Å². The minimum Gasteiger partial charge on any atom is -0.497 e. The van der Waals surface area contributed by atoms with Gasteiger partial charge in [-0.1, -0.05) is 12.7 Å². The fraction of sp³-hybridized carbons (Fsp3) is 0.375. The second-order valence-electron chi connectivity index (χ2n) is 5.21. The van der Waals surface area contributed by atoms with Crippen LogP contribution in [0.3, 0.4) is 0 Å². The number of carboxylic acids is 1. The number of carbonyl (C=O) groups is 2. The quantitative estimate of drug-likeness (QED) is 0.809. The summed E-state index contributed by atoms with van der Waals surface area (Å²) in [6, 6.07) is 4.65. The number of hydrogen-bond acceptors (Lipinski definition) is 4. The van der Waals surface area contributed by atoms with Crippen LogP contribution < -0.4 is 9.47 Å². The molecule has 6 nitrogen and oxygen atoms in total. The molecule has 1 fully saturated rings. The highest BCUT2D eigenvalue weighted by Gasteiger charge is 2.47. The number of alkyl halides is 1. The molecule has 0 saturated carbocycles. The number of amides is 1. The van der Waals surface area contributed by atoms with Crippen molar-refractivity contribution in [1.82, 2.24) is 4.90 Å². The molecule has 1 aromatic rings. The van der Waals surface area contributed by atoms with Crippen LogP contribution in [-0.2, 0) is 4.79 Å². The summed E-state index contributed by atoms with van der Waals surface area (Å²) in [5.74, 6) is -1.24. The number of nitrogens with zero attached hydrogens (tertiary/aromatic N) is 1. The molecule has 1 aliphatic rings. The molecular formula is C16H18FNO5. The monoisotopic (exact) mass is 323 g/mol. The fourth-order valence-electron chi connectivity index (χ4n) is 2.37. The molecule has 1 saturated heterocycles. The van der Waals surface area contributed by atoms with Crippen LogP contribution in [0.1, 0.15) is 16.8 Å². The molecule has 1 aliphatic heterocycles. The number of benzene rings is 1. The molecular weight excluding hydrogens is 305 g/mol. The lowest BCUT2D eigenvalue weighted by atomic mass is 10.1. The first kappa shape index (κ1) is 16.8. The second kappa shape index (κ2) is 6.68. The van der Waals surface area contributed by atoms with Gasteiger partial charge in [-0.25, -0.2) is 9.18 Å². The van der Waals surface area contributed by atoms with Crippen LogP contribution in [-0.4, -0.2) is 54.4 Å². The summed E-state index contributed by atoms with van der Waals surface area (Å²) in [6.07, 6.45) is 1.30. The molecule has 1 heterocycles. The highest BCUT2D eigenvalue weighted by atomic mass is 19.1. The smallest absolute Gasteiger partial charge is 0.343 e. The number of hydrogen-bond donors (Lipinski definition) is 1. The van der Waals surface area contributed by atoms with Gasteiger partial charge in [0.2, 0.25) is 5.67 Å². The number of carboxylic acid groups (broad SMARTS) is 1. The normalized spacial score (nSPS) is 20.2. The molecule has 7 heteroatoms. The summed E-state index contributed by atoms with van der Waals surface area (Å²) >= 11 is 0. The molecule has 0 bridgehead atoms. The van der Waals surface area contributed by atoms with Gasteiger partial charge in [0.15, 0.2) is 0 Å². The average Bonchev–Trinajstić information content (AvgIpc) is 2.96. The molecule has 1 N–H and O–H groups in total. The van der Waals surface area contributed by atoms with Crippen LogP contribution in [0.25, 0.3) is 0 Å². The summed E-state index contributed by atoms with van der Waals surface area (Å²) < 4.78 is 24.7. The van der Waals surface area contributed by atoms with E-state index < -0.39 is 24.1 Å². The van der Waals surface area contributed by atoms with Crippen LogP contribution in [0.15, 0.2) is 30.9 Å². The number of halogens is 1. The van der Waals surface area contributed by atoms with Gasteiger partial charge in [0.25, 0.3) is 5.91 Å². The second-order valence-corrected chi connectivity index (χ2v) is 5.21. The predicted molar refractivity (Wildman–Crippen MR) is 80.7 cm³/mol. The van der Waals surface area contributed by atoms with Crippen molar-refractivity contribution in [3.05, 3.63) is 36.4 Å². The Bertz CT molecular complexity index is 633. The molecule has 1 atom stereocenters. The van der Waals surface area contributed by atoms with E-state index in [9.17, 15) is 14.0 Å². The first-order chi connectivity index (χ1) is 10.9. The maximum atomic E-state index is 14.1. The number of carbonyl (C=O) groups excluding carboxylic acids is 1. The zero-order chi connectivity index (χ0) is 17.0. The summed E-state index contributed by atoms with van der Waals surface area (Å²) in [5.41, 5.74) is -2.17. The number of likely N-dealkylation sites (tertiary alicyclic amines) is 1. The van der Waals surface area contributed by atoms with Crippen LogP contribution in [0, 0.1) is 0 Å². The lowest BCUT2D eigenvalue weighted by Gasteiger charge is -2.19. The van der Waals surface area contributed by atoms with E-state index in [0.717, 1.165) is 0 Å². The van der Waals surface area contributed by atoms with Crippen molar-refractivity contribution in [2.75, 3.05) is 26.8 Å². The number of aliphatic carboxylic acids is 1. The van der Waals surface area contributed by atoms with E-state index in [0.29, 0.717) is 5.75 Å². The van der Waals surface area contributed by atoms with E-state index in [1.165, 1.54) is 24.2 Å². The minimum absolute atomic E-state index is 0.0363. The summed E-state index contributed by atoms with van der Waals surface area (Å²) in [4.78, 5) is 24.7. The lowest BCUT2D eigenvalue weighted by Crippen LogP contribution is -2.39. The third kappa shape index (κ3) is 3.44.